The third kappa shape index (κ3) is 3.21. The summed E-state index contributed by atoms with van der Waals surface area (Å²) >= 11 is 0. The van der Waals surface area contributed by atoms with E-state index in [0.29, 0.717) is 11.4 Å². The van der Waals surface area contributed by atoms with Gasteiger partial charge in [0.05, 0.1) is 16.7 Å². The van der Waals surface area contributed by atoms with E-state index in [1.54, 1.807) is 0 Å². The van der Waals surface area contributed by atoms with E-state index in [0.717, 1.165) is 37.5 Å². The Hall–Kier alpha value is -2.74. The standard InChI is InChI=1S/C19H15F4N3O/c20-13-5-6-14(11-3-1-4-12(9-11)19(21,22)23)15(10-13)16-25-17(26-27-16)18(24)7-2-8-18/h1,3-6,9-10H,2,7-8,24H2. The van der Waals surface area contributed by atoms with Gasteiger partial charge in [-0.1, -0.05) is 23.4 Å². The summed E-state index contributed by atoms with van der Waals surface area (Å²) in [5.41, 5.74) is 5.57. The average molecular weight is 377 g/mol. The van der Waals surface area contributed by atoms with Gasteiger partial charge in [-0.05, 0) is 54.7 Å². The zero-order valence-corrected chi connectivity index (χ0v) is 14.1. The van der Waals surface area contributed by atoms with Gasteiger partial charge in [-0.2, -0.15) is 18.2 Å². The molecular weight excluding hydrogens is 362 g/mol. The van der Waals surface area contributed by atoms with Crippen LogP contribution in [-0.2, 0) is 11.7 Å². The van der Waals surface area contributed by atoms with Gasteiger partial charge < -0.3 is 10.3 Å². The van der Waals surface area contributed by atoms with E-state index in [1.807, 2.05) is 0 Å². The van der Waals surface area contributed by atoms with Crippen molar-refractivity contribution in [3.05, 3.63) is 59.7 Å². The van der Waals surface area contributed by atoms with Crippen molar-refractivity contribution in [1.29, 1.82) is 0 Å². The van der Waals surface area contributed by atoms with Crippen molar-refractivity contribution in [2.24, 2.45) is 5.73 Å². The second kappa shape index (κ2) is 6.16. The number of hydrogen-bond donors (Lipinski definition) is 1. The highest BCUT2D eigenvalue weighted by Crippen LogP contribution is 2.39. The molecule has 0 saturated heterocycles. The second-order valence-electron chi connectivity index (χ2n) is 6.70. The number of alkyl halides is 3. The Labute approximate surface area is 152 Å². The molecule has 0 amide bonds. The molecule has 1 aromatic heterocycles. The topological polar surface area (TPSA) is 64.9 Å². The first-order valence-electron chi connectivity index (χ1n) is 8.37. The number of hydrogen-bond acceptors (Lipinski definition) is 4. The summed E-state index contributed by atoms with van der Waals surface area (Å²) in [5.74, 6) is -0.219. The molecule has 4 nitrogen and oxygen atoms in total. The average Bonchev–Trinajstić information content (AvgIpc) is 3.09. The number of halogens is 4. The quantitative estimate of drug-likeness (QED) is 0.660. The fourth-order valence-electron chi connectivity index (χ4n) is 3.12. The summed E-state index contributed by atoms with van der Waals surface area (Å²) in [6.07, 6.45) is -2.09. The zero-order valence-electron chi connectivity index (χ0n) is 14.1. The van der Waals surface area contributed by atoms with Crippen molar-refractivity contribution >= 4 is 0 Å². The molecule has 4 rings (SSSR count). The van der Waals surface area contributed by atoms with Crippen LogP contribution in [-0.4, -0.2) is 10.1 Å². The molecule has 1 heterocycles. The Morgan fingerprint density at radius 1 is 1.04 bits per heavy atom. The molecule has 0 aliphatic heterocycles. The van der Waals surface area contributed by atoms with E-state index < -0.39 is 23.1 Å². The predicted molar refractivity (Wildman–Crippen MR) is 89.8 cm³/mol. The van der Waals surface area contributed by atoms with Gasteiger partial charge >= 0.3 is 6.18 Å². The fourth-order valence-corrected chi connectivity index (χ4v) is 3.12. The maximum atomic E-state index is 13.8. The first kappa shape index (κ1) is 17.7. The number of aromatic nitrogens is 2. The minimum atomic E-state index is -4.48. The van der Waals surface area contributed by atoms with Gasteiger partial charge in [0.1, 0.15) is 5.82 Å². The zero-order chi connectivity index (χ0) is 19.2. The van der Waals surface area contributed by atoms with Gasteiger partial charge in [-0.15, -0.1) is 0 Å². The maximum Gasteiger partial charge on any atom is 0.416 e. The molecule has 0 bridgehead atoms. The van der Waals surface area contributed by atoms with Gasteiger partial charge in [-0.25, -0.2) is 4.39 Å². The lowest BCUT2D eigenvalue weighted by Crippen LogP contribution is -2.44. The Morgan fingerprint density at radius 3 is 2.48 bits per heavy atom. The van der Waals surface area contributed by atoms with Crippen LogP contribution in [0.2, 0.25) is 0 Å². The Kier molecular flexibility index (Phi) is 4.03. The molecule has 2 N–H and O–H groups in total. The molecule has 1 aliphatic carbocycles. The lowest BCUT2D eigenvalue weighted by Gasteiger charge is -2.34. The molecule has 0 unspecified atom stereocenters. The smallest absolute Gasteiger partial charge is 0.334 e. The second-order valence-corrected chi connectivity index (χ2v) is 6.70. The minimum Gasteiger partial charge on any atom is -0.334 e. The molecule has 0 radical (unpaired) electrons. The van der Waals surface area contributed by atoms with E-state index in [2.05, 4.69) is 10.1 Å². The number of nitrogens with zero attached hydrogens (tertiary/aromatic N) is 2. The molecule has 1 saturated carbocycles. The Balaban J connectivity index is 1.80. The lowest BCUT2D eigenvalue weighted by atomic mass is 9.77. The summed E-state index contributed by atoms with van der Waals surface area (Å²) in [6, 6.07) is 8.53. The highest BCUT2D eigenvalue weighted by atomic mass is 19.4. The third-order valence-electron chi connectivity index (χ3n) is 4.83. The van der Waals surface area contributed by atoms with Gasteiger partial charge in [0.25, 0.3) is 5.89 Å². The van der Waals surface area contributed by atoms with Crippen LogP contribution < -0.4 is 5.73 Å². The van der Waals surface area contributed by atoms with E-state index >= 15 is 0 Å². The summed E-state index contributed by atoms with van der Waals surface area (Å²) in [7, 11) is 0. The van der Waals surface area contributed by atoms with E-state index in [9.17, 15) is 17.6 Å². The largest absolute Gasteiger partial charge is 0.416 e. The lowest BCUT2D eigenvalue weighted by molar-refractivity contribution is -0.137. The third-order valence-corrected chi connectivity index (χ3v) is 4.83. The molecule has 2 aromatic carbocycles. The van der Waals surface area contributed by atoms with E-state index in [1.165, 1.54) is 24.3 Å². The molecule has 1 fully saturated rings. The van der Waals surface area contributed by atoms with Crippen molar-refractivity contribution in [2.45, 2.75) is 31.0 Å². The number of nitrogens with two attached hydrogens (primary N) is 1. The van der Waals surface area contributed by atoms with Crippen molar-refractivity contribution < 1.29 is 22.1 Å². The van der Waals surface area contributed by atoms with Crippen LogP contribution in [0, 0.1) is 5.82 Å². The summed E-state index contributed by atoms with van der Waals surface area (Å²) in [4.78, 5) is 4.28. The number of rotatable bonds is 3. The van der Waals surface area contributed by atoms with Gasteiger partial charge in [0.15, 0.2) is 5.82 Å². The molecule has 1 aliphatic rings. The van der Waals surface area contributed by atoms with Crippen LogP contribution in [0.5, 0.6) is 0 Å². The number of benzene rings is 2. The predicted octanol–water partition coefficient (Wildman–Crippen LogP) is 4.90. The first-order valence-corrected chi connectivity index (χ1v) is 8.37. The summed E-state index contributed by atoms with van der Waals surface area (Å²) in [5, 5.41) is 3.89. The van der Waals surface area contributed by atoms with Gasteiger partial charge in [0.2, 0.25) is 0 Å². The van der Waals surface area contributed by atoms with Crippen LogP contribution in [0.1, 0.15) is 30.7 Å². The summed E-state index contributed by atoms with van der Waals surface area (Å²) < 4.78 is 58.2. The summed E-state index contributed by atoms with van der Waals surface area (Å²) in [6.45, 7) is 0. The molecule has 27 heavy (non-hydrogen) atoms. The SMILES string of the molecule is NC1(c2noc(-c3cc(F)ccc3-c3cccc(C(F)(F)F)c3)n2)CCC1. The maximum absolute atomic E-state index is 13.8. The van der Waals surface area contributed by atoms with Crippen LogP contribution >= 0.6 is 0 Å². The normalized spacial score (nSPS) is 16.2. The minimum absolute atomic E-state index is 0.0219. The van der Waals surface area contributed by atoms with Crippen molar-refractivity contribution in [2.75, 3.05) is 0 Å². The van der Waals surface area contributed by atoms with Crippen molar-refractivity contribution in [3.63, 3.8) is 0 Å². The van der Waals surface area contributed by atoms with E-state index in [-0.39, 0.29) is 17.0 Å². The van der Waals surface area contributed by atoms with Crippen LogP contribution in [0.25, 0.3) is 22.6 Å². The molecule has 0 atom stereocenters. The molecule has 8 heteroatoms. The molecule has 0 spiro atoms. The van der Waals surface area contributed by atoms with E-state index in [4.69, 9.17) is 10.3 Å². The molecule has 3 aromatic rings. The monoisotopic (exact) mass is 377 g/mol. The highest BCUT2D eigenvalue weighted by molar-refractivity contribution is 5.80. The Bertz CT molecular complexity index is 993. The Morgan fingerprint density at radius 2 is 1.81 bits per heavy atom. The van der Waals surface area contributed by atoms with Crippen molar-refractivity contribution in [3.8, 4) is 22.6 Å². The van der Waals surface area contributed by atoms with Gasteiger partial charge in [-0.3, -0.25) is 0 Å². The van der Waals surface area contributed by atoms with Crippen LogP contribution in [0.3, 0.4) is 0 Å². The first-order chi connectivity index (χ1) is 12.8. The molecular formula is C19H15F4N3O. The van der Waals surface area contributed by atoms with Gasteiger partial charge in [0, 0.05) is 0 Å². The molecule has 140 valence electrons. The fraction of sp³-hybridized carbons (Fsp3) is 0.263. The van der Waals surface area contributed by atoms with Crippen LogP contribution in [0.4, 0.5) is 17.6 Å². The highest BCUT2D eigenvalue weighted by Gasteiger charge is 2.39. The van der Waals surface area contributed by atoms with Crippen LogP contribution in [0.15, 0.2) is 47.0 Å². The van der Waals surface area contributed by atoms with Crippen molar-refractivity contribution in [1.82, 2.24) is 10.1 Å².